The van der Waals surface area contributed by atoms with Gasteiger partial charge in [0.25, 0.3) is 0 Å². The largest absolute Gasteiger partial charge is 0.481 e. The third-order valence-electron chi connectivity index (χ3n) is 6.04. The number of unbranched alkanes of at least 4 members (excludes halogenated alkanes) is 2. The number of fused-ring (bicyclic) bond motifs is 1. The number of benzene rings is 2. The number of carbonyl (C=O) groups excluding carboxylic acids is 3. The number of carboxylic acids is 1. The number of ether oxygens (including phenoxy) is 1. The molecule has 10 nitrogen and oxygen atoms in total. The molecule has 0 unspecified atom stereocenters. The summed E-state index contributed by atoms with van der Waals surface area (Å²) in [6.07, 6.45) is 2.28. The zero-order chi connectivity index (χ0) is 27.9. The van der Waals surface area contributed by atoms with Crippen molar-refractivity contribution in [1.29, 1.82) is 0 Å². The van der Waals surface area contributed by atoms with Crippen molar-refractivity contribution in [1.82, 2.24) is 16.0 Å². The van der Waals surface area contributed by atoms with Gasteiger partial charge in [0.1, 0.15) is 12.2 Å². The molecule has 0 spiro atoms. The van der Waals surface area contributed by atoms with E-state index in [9.17, 15) is 19.2 Å². The number of carbonyl (C=O) groups is 4. The minimum atomic E-state index is -0.838. The Bertz CT molecular complexity index is 1190. The van der Waals surface area contributed by atoms with Crippen molar-refractivity contribution in [3.8, 4) is 0 Å². The highest BCUT2D eigenvalue weighted by molar-refractivity contribution is 5.99. The van der Waals surface area contributed by atoms with Crippen LogP contribution in [0.25, 0.3) is 11.0 Å². The molecule has 2 aromatic carbocycles. The van der Waals surface area contributed by atoms with Gasteiger partial charge in [-0.05, 0) is 43.4 Å². The Labute approximate surface area is 227 Å². The van der Waals surface area contributed by atoms with Crippen molar-refractivity contribution in [3.63, 3.8) is 0 Å². The highest BCUT2D eigenvalue weighted by atomic mass is 16.5. The molecule has 0 saturated carbocycles. The fraction of sp³-hybridized carbons (Fsp3) is 0.379. The molecule has 39 heavy (non-hydrogen) atoms. The molecular formula is C29H35N3O7. The van der Waals surface area contributed by atoms with Gasteiger partial charge >= 0.3 is 12.1 Å². The van der Waals surface area contributed by atoms with Gasteiger partial charge in [-0.3, -0.25) is 19.7 Å². The Morgan fingerprint density at radius 3 is 2.38 bits per heavy atom. The first-order chi connectivity index (χ1) is 18.9. The summed E-state index contributed by atoms with van der Waals surface area (Å²) in [5.41, 5.74) is 1.49. The van der Waals surface area contributed by atoms with Crippen molar-refractivity contribution in [2.24, 2.45) is 0 Å². The molecule has 2 amide bonds. The number of para-hydroxylation sites is 1. The van der Waals surface area contributed by atoms with E-state index >= 15 is 0 Å². The number of furan rings is 1. The van der Waals surface area contributed by atoms with Crippen LogP contribution in [0, 0.1) is 0 Å². The molecule has 3 rings (SSSR count). The van der Waals surface area contributed by atoms with Crippen LogP contribution < -0.4 is 16.0 Å². The average Bonchev–Trinajstić information content (AvgIpc) is 3.38. The Kier molecular flexibility index (Phi) is 12.0. The van der Waals surface area contributed by atoms with E-state index in [0.29, 0.717) is 50.8 Å². The Hall–Kier alpha value is -4.18. The summed E-state index contributed by atoms with van der Waals surface area (Å²) in [5, 5.41) is 18.1. The molecule has 0 aliphatic carbocycles. The van der Waals surface area contributed by atoms with Crippen LogP contribution in [0.15, 0.2) is 65.1 Å². The SMILES string of the molecule is O=C(O)CCCCCNC(=O)[C@H](CCCNC(=O)OCc1ccccc1)NCC(=O)c1cc2ccccc2o1. The maximum Gasteiger partial charge on any atom is 0.407 e. The van der Waals surface area contributed by atoms with Gasteiger partial charge in [0.05, 0.1) is 12.6 Å². The van der Waals surface area contributed by atoms with E-state index in [1.165, 1.54) is 0 Å². The first-order valence-electron chi connectivity index (χ1n) is 13.1. The number of alkyl carbamates (subject to hydrolysis) is 1. The second-order valence-corrected chi connectivity index (χ2v) is 9.13. The Morgan fingerprint density at radius 1 is 0.872 bits per heavy atom. The summed E-state index contributed by atoms with van der Waals surface area (Å²) in [7, 11) is 0. The zero-order valence-electron chi connectivity index (χ0n) is 21.8. The minimum Gasteiger partial charge on any atom is -0.481 e. The molecule has 0 radical (unpaired) electrons. The van der Waals surface area contributed by atoms with E-state index in [1.54, 1.807) is 12.1 Å². The van der Waals surface area contributed by atoms with Crippen molar-refractivity contribution in [2.75, 3.05) is 19.6 Å². The second-order valence-electron chi connectivity index (χ2n) is 9.13. The topological polar surface area (TPSA) is 147 Å². The second kappa shape index (κ2) is 15.9. The third kappa shape index (κ3) is 10.6. The molecule has 0 fully saturated rings. The number of hydrogen-bond donors (Lipinski definition) is 4. The molecule has 0 bridgehead atoms. The molecule has 1 heterocycles. The van der Waals surface area contributed by atoms with E-state index in [1.807, 2.05) is 48.5 Å². The number of hydrogen-bond acceptors (Lipinski definition) is 7. The first-order valence-corrected chi connectivity index (χ1v) is 13.1. The standard InChI is InChI=1S/C29H35N3O7/c33-24(26-18-22-12-6-7-14-25(22)39-26)19-32-23(28(36)30-16-8-2-5-15-27(34)35)13-9-17-31-29(37)38-20-21-10-3-1-4-11-21/h1,3-4,6-7,10-12,14,18,23,32H,2,5,8-9,13,15-17,19-20H2,(H,30,36)(H,31,37)(H,34,35)/t23-/m0/s1. The highest BCUT2D eigenvalue weighted by Gasteiger charge is 2.20. The molecular weight excluding hydrogens is 502 g/mol. The fourth-order valence-electron chi connectivity index (χ4n) is 3.93. The lowest BCUT2D eigenvalue weighted by Crippen LogP contribution is -2.46. The summed E-state index contributed by atoms with van der Waals surface area (Å²) in [5.74, 6) is -1.17. The lowest BCUT2D eigenvalue weighted by molar-refractivity contribution is -0.137. The quantitative estimate of drug-likeness (QED) is 0.149. The lowest BCUT2D eigenvalue weighted by Gasteiger charge is -2.18. The molecule has 1 aromatic heterocycles. The molecule has 3 aromatic rings. The van der Waals surface area contributed by atoms with E-state index in [-0.39, 0.29) is 37.0 Å². The number of rotatable bonds is 17. The van der Waals surface area contributed by atoms with Gasteiger partial charge in [-0.2, -0.15) is 0 Å². The van der Waals surface area contributed by atoms with Crippen LogP contribution in [0.1, 0.15) is 54.6 Å². The smallest absolute Gasteiger partial charge is 0.407 e. The molecule has 0 aliphatic rings. The van der Waals surface area contributed by atoms with Crippen molar-refractivity contribution in [3.05, 3.63) is 72.0 Å². The van der Waals surface area contributed by atoms with Gasteiger partial charge in [0.15, 0.2) is 5.76 Å². The van der Waals surface area contributed by atoms with Gasteiger partial charge in [-0.15, -0.1) is 0 Å². The van der Waals surface area contributed by atoms with E-state index in [2.05, 4.69) is 16.0 Å². The van der Waals surface area contributed by atoms with E-state index < -0.39 is 18.1 Å². The monoisotopic (exact) mass is 537 g/mol. The minimum absolute atomic E-state index is 0.0942. The van der Waals surface area contributed by atoms with Crippen molar-refractivity contribution in [2.45, 2.75) is 51.2 Å². The number of aliphatic carboxylic acids is 1. The van der Waals surface area contributed by atoms with Crippen LogP contribution in [0.2, 0.25) is 0 Å². The van der Waals surface area contributed by atoms with Gasteiger partial charge < -0.3 is 24.9 Å². The van der Waals surface area contributed by atoms with Crippen LogP contribution >= 0.6 is 0 Å². The summed E-state index contributed by atoms with van der Waals surface area (Å²) in [4.78, 5) is 48.2. The fourth-order valence-corrected chi connectivity index (χ4v) is 3.93. The van der Waals surface area contributed by atoms with Crippen LogP contribution in [-0.4, -0.2) is 54.5 Å². The Balaban J connectivity index is 1.45. The van der Waals surface area contributed by atoms with Crippen LogP contribution in [-0.2, 0) is 20.9 Å². The van der Waals surface area contributed by atoms with Crippen LogP contribution in [0.4, 0.5) is 4.79 Å². The van der Waals surface area contributed by atoms with E-state index in [4.69, 9.17) is 14.3 Å². The number of amides is 2. The predicted octanol–water partition coefficient (Wildman–Crippen LogP) is 4.04. The van der Waals surface area contributed by atoms with Gasteiger partial charge in [-0.25, -0.2) is 4.79 Å². The number of carboxylic acid groups (broad SMARTS) is 1. The molecule has 1 atom stereocenters. The summed E-state index contributed by atoms with van der Waals surface area (Å²) in [6, 6.07) is 17.7. The number of nitrogens with one attached hydrogen (secondary N) is 3. The van der Waals surface area contributed by atoms with Gasteiger partial charge in [-0.1, -0.05) is 55.0 Å². The normalized spacial score (nSPS) is 11.6. The number of Topliss-reactive ketones (excluding diaryl/α,β-unsaturated/α-hetero) is 1. The molecule has 10 heteroatoms. The maximum atomic E-state index is 12.8. The third-order valence-corrected chi connectivity index (χ3v) is 6.04. The summed E-state index contributed by atoms with van der Waals surface area (Å²) >= 11 is 0. The average molecular weight is 538 g/mol. The summed E-state index contributed by atoms with van der Waals surface area (Å²) in [6.45, 7) is 0.767. The highest BCUT2D eigenvalue weighted by Crippen LogP contribution is 2.19. The number of ketones is 1. The molecule has 208 valence electrons. The van der Waals surface area contributed by atoms with Crippen LogP contribution in [0.3, 0.4) is 0 Å². The molecule has 4 N–H and O–H groups in total. The van der Waals surface area contributed by atoms with Gasteiger partial charge in [0.2, 0.25) is 11.7 Å². The first kappa shape index (κ1) is 29.4. The zero-order valence-corrected chi connectivity index (χ0v) is 21.8. The van der Waals surface area contributed by atoms with Crippen LogP contribution in [0.5, 0.6) is 0 Å². The summed E-state index contributed by atoms with van der Waals surface area (Å²) < 4.78 is 10.8. The van der Waals surface area contributed by atoms with Crippen molar-refractivity contribution < 1.29 is 33.4 Å². The molecule has 0 aliphatic heterocycles. The van der Waals surface area contributed by atoms with E-state index in [0.717, 1.165) is 10.9 Å². The molecule has 0 saturated heterocycles. The maximum absolute atomic E-state index is 12.8. The van der Waals surface area contributed by atoms with Gasteiger partial charge in [0, 0.05) is 24.9 Å². The Morgan fingerprint density at radius 2 is 1.62 bits per heavy atom. The predicted molar refractivity (Wildman–Crippen MR) is 145 cm³/mol. The van der Waals surface area contributed by atoms with Crippen molar-refractivity contribution >= 4 is 34.7 Å². The lowest BCUT2D eigenvalue weighted by atomic mass is 10.1.